The number of nitrogens with zero attached hydrogens (tertiary/aromatic N) is 1. The van der Waals surface area contributed by atoms with E-state index in [-0.39, 0.29) is 18.4 Å². The standard InChI is InChI=1S/C14H25NO6/c1-8(2)3-9-4-11(17)15(5-9)7-14(20)13(19)12(18)10(6-16)21-14/h8-10,12-13,16,18-20H,3-7H2,1-2H3/t9-,10?,12?,13?,14?/m1/s1. The van der Waals surface area contributed by atoms with E-state index in [1.54, 1.807) is 0 Å². The van der Waals surface area contributed by atoms with Crippen LogP contribution in [0.5, 0.6) is 0 Å². The summed E-state index contributed by atoms with van der Waals surface area (Å²) in [5.74, 6) is -1.40. The van der Waals surface area contributed by atoms with Crippen LogP contribution in [0.25, 0.3) is 0 Å². The van der Waals surface area contributed by atoms with Crippen LogP contribution in [0.15, 0.2) is 0 Å². The van der Waals surface area contributed by atoms with Gasteiger partial charge in [-0.05, 0) is 18.3 Å². The predicted molar refractivity (Wildman–Crippen MR) is 73.1 cm³/mol. The number of amides is 1. The lowest BCUT2D eigenvalue weighted by atomic mass is 9.96. The molecule has 1 amide bonds. The minimum atomic E-state index is -2.03. The van der Waals surface area contributed by atoms with E-state index in [0.29, 0.717) is 18.9 Å². The number of hydrogen-bond donors (Lipinski definition) is 4. The van der Waals surface area contributed by atoms with Gasteiger partial charge >= 0.3 is 0 Å². The Kier molecular flexibility index (Phi) is 4.89. The molecule has 7 heteroatoms. The number of likely N-dealkylation sites (tertiary alicyclic amines) is 1. The van der Waals surface area contributed by atoms with Gasteiger partial charge in [0.1, 0.15) is 18.3 Å². The van der Waals surface area contributed by atoms with Crippen molar-refractivity contribution in [1.82, 2.24) is 4.90 Å². The van der Waals surface area contributed by atoms with Crippen LogP contribution in [0.3, 0.4) is 0 Å². The molecule has 0 aromatic rings. The molecule has 0 aromatic heterocycles. The second-order valence-electron chi connectivity index (χ2n) is 6.59. The third-order valence-corrected chi connectivity index (χ3v) is 4.22. The Morgan fingerprint density at radius 2 is 2.10 bits per heavy atom. The van der Waals surface area contributed by atoms with Crippen molar-refractivity contribution in [3.8, 4) is 0 Å². The molecule has 7 nitrogen and oxygen atoms in total. The number of aliphatic hydroxyl groups excluding tert-OH is 3. The number of rotatable bonds is 5. The molecule has 2 rings (SSSR count). The quantitative estimate of drug-likeness (QED) is 0.501. The fourth-order valence-electron chi connectivity index (χ4n) is 3.25. The fourth-order valence-corrected chi connectivity index (χ4v) is 3.25. The van der Waals surface area contributed by atoms with E-state index < -0.39 is 30.7 Å². The van der Waals surface area contributed by atoms with Gasteiger partial charge in [0.15, 0.2) is 0 Å². The van der Waals surface area contributed by atoms with E-state index in [2.05, 4.69) is 13.8 Å². The topological polar surface area (TPSA) is 110 Å². The van der Waals surface area contributed by atoms with Crippen molar-refractivity contribution in [2.45, 2.75) is 50.8 Å². The molecule has 4 N–H and O–H groups in total. The van der Waals surface area contributed by atoms with Crippen molar-refractivity contribution < 1.29 is 30.0 Å². The van der Waals surface area contributed by atoms with Crippen molar-refractivity contribution >= 4 is 5.91 Å². The summed E-state index contributed by atoms with van der Waals surface area (Å²) in [4.78, 5) is 13.5. The van der Waals surface area contributed by atoms with Gasteiger partial charge in [-0.15, -0.1) is 0 Å². The van der Waals surface area contributed by atoms with Gasteiger partial charge in [-0.25, -0.2) is 0 Å². The molecule has 0 aromatic carbocycles. The Hall–Kier alpha value is -0.730. The largest absolute Gasteiger partial charge is 0.394 e. The van der Waals surface area contributed by atoms with Gasteiger partial charge in [0.05, 0.1) is 13.2 Å². The molecule has 5 atom stereocenters. The highest BCUT2D eigenvalue weighted by atomic mass is 16.7. The van der Waals surface area contributed by atoms with Gasteiger partial charge in [0, 0.05) is 13.0 Å². The highest BCUT2D eigenvalue weighted by Crippen LogP contribution is 2.32. The van der Waals surface area contributed by atoms with E-state index in [9.17, 15) is 20.1 Å². The summed E-state index contributed by atoms with van der Waals surface area (Å²) in [6.45, 7) is 3.98. The molecular weight excluding hydrogens is 278 g/mol. The zero-order chi connectivity index (χ0) is 15.8. The Morgan fingerprint density at radius 3 is 2.62 bits per heavy atom. The summed E-state index contributed by atoms with van der Waals surface area (Å²) >= 11 is 0. The van der Waals surface area contributed by atoms with Crippen LogP contribution in [0.2, 0.25) is 0 Å². The highest BCUT2D eigenvalue weighted by Gasteiger charge is 2.54. The zero-order valence-corrected chi connectivity index (χ0v) is 12.5. The van der Waals surface area contributed by atoms with Crippen molar-refractivity contribution in [2.75, 3.05) is 19.7 Å². The maximum Gasteiger partial charge on any atom is 0.223 e. The molecule has 0 radical (unpaired) electrons. The van der Waals surface area contributed by atoms with Gasteiger partial charge in [0.2, 0.25) is 11.7 Å². The lowest BCUT2D eigenvalue weighted by Crippen LogP contribution is -2.52. The molecule has 2 aliphatic heterocycles. The van der Waals surface area contributed by atoms with Crippen LogP contribution < -0.4 is 0 Å². The van der Waals surface area contributed by atoms with Gasteiger partial charge < -0.3 is 30.1 Å². The molecule has 0 bridgehead atoms. The Labute approximate surface area is 124 Å². The number of carbonyl (C=O) groups excluding carboxylic acids is 1. The summed E-state index contributed by atoms with van der Waals surface area (Å²) in [6, 6.07) is 0. The summed E-state index contributed by atoms with van der Waals surface area (Å²) in [7, 11) is 0. The van der Waals surface area contributed by atoms with E-state index in [4.69, 9.17) is 9.84 Å². The number of carbonyl (C=O) groups is 1. The SMILES string of the molecule is CC(C)C[C@@H]1CC(=O)N(CC2(O)OC(CO)C(O)C2O)C1. The molecule has 2 saturated heterocycles. The van der Waals surface area contributed by atoms with Crippen molar-refractivity contribution in [3.63, 3.8) is 0 Å². The van der Waals surface area contributed by atoms with Crippen molar-refractivity contribution in [2.24, 2.45) is 11.8 Å². The smallest absolute Gasteiger partial charge is 0.223 e. The molecule has 122 valence electrons. The summed E-state index contributed by atoms with van der Waals surface area (Å²) in [5, 5.41) is 39.0. The zero-order valence-electron chi connectivity index (χ0n) is 12.5. The summed E-state index contributed by atoms with van der Waals surface area (Å²) in [6.07, 6.45) is -2.62. The lowest BCUT2D eigenvalue weighted by molar-refractivity contribution is -0.237. The lowest BCUT2D eigenvalue weighted by Gasteiger charge is -2.31. The van der Waals surface area contributed by atoms with Gasteiger partial charge in [0.25, 0.3) is 0 Å². The molecule has 0 aliphatic carbocycles. The maximum absolute atomic E-state index is 12.0. The Morgan fingerprint density at radius 1 is 1.43 bits per heavy atom. The van der Waals surface area contributed by atoms with E-state index in [1.165, 1.54) is 4.90 Å². The van der Waals surface area contributed by atoms with Crippen LogP contribution in [-0.4, -0.2) is 75.0 Å². The summed E-state index contributed by atoms with van der Waals surface area (Å²) in [5.41, 5.74) is 0. The molecule has 2 fully saturated rings. The summed E-state index contributed by atoms with van der Waals surface area (Å²) < 4.78 is 5.16. The van der Waals surface area contributed by atoms with Crippen LogP contribution >= 0.6 is 0 Å². The van der Waals surface area contributed by atoms with Crippen LogP contribution in [0.1, 0.15) is 26.7 Å². The van der Waals surface area contributed by atoms with Crippen molar-refractivity contribution in [3.05, 3.63) is 0 Å². The predicted octanol–water partition coefficient (Wildman–Crippen LogP) is -1.32. The molecular formula is C14H25NO6. The van der Waals surface area contributed by atoms with E-state index >= 15 is 0 Å². The average molecular weight is 303 g/mol. The van der Waals surface area contributed by atoms with E-state index in [0.717, 1.165) is 6.42 Å². The molecule has 0 spiro atoms. The van der Waals surface area contributed by atoms with Gasteiger partial charge in [-0.3, -0.25) is 4.79 Å². The third kappa shape index (κ3) is 3.37. The highest BCUT2D eigenvalue weighted by molar-refractivity contribution is 5.78. The first-order valence-corrected chi connectivity index (χ1v) is 7.41. The monoisotopic (exact) mass is 303 g/mol. The molecule has 2 aliphatic rings. The number of hydrogen-bond acceptors (Lipinski definition) is 6. The first-order valence-electron chi connectivity index (χ1n) is 7.41. The van der Waals surface area contributed by atoms with Crippen LogP contribution in [0.4, 0.5) is 0 Å². The first-order chi connectivity index (χ1) is 9.76. The van der Waals surface area contributed by atoms with Gasteiger partial charge in [-0.2, -0.15) is 0 Å². The van der Waals surface area contributed by atoms with Crippen LogP contribution in [-0.2, 0) is 9.53 Å². The Bertz CT molecular complexity index is 390. The van der Waals surface area contributed by atoms with Crippen LogP contribution in [0, 0.1) is 11.8 Å². The number of β-amino-alcohol motifs (C(OH)–C–C–N with tert-alkyl or cyclic N) is 1. The second-order valence-corrected chi connectivity index (χ2v) is 6.59. The minimum absolute atomic E-state index is 0.0909. The normalized spacial score (nSPS) is 40.5. The third-order valence-electron chi connectivity index (χ3n) is 4.22. The molecule has 2 heterocycles. The minimum Gasteiger partial charge on any atom is -0.394 e. The second kappa shape index (κ2) is 6.18. The fraction of sp³-hybridized carbons (Fsp3) is 0.929. The molecule has 0 saturated carbocycles. The maximum atomic E-state index is 12.0. The number of aliphatic hydroxyl groups is 4. The van der Waals surface area contributed by atoms with Crippen molar-refractivity contribution in [1.29, 1.82) is 0 Å². The van der Waals surface area contributed by atoms with Gasteiger partial charge in [-0.1, -0.05) is 13.8 Å². The Balaban J connectivity index is 1.99. The molecule has 21 heavy (non-hydrogen) atoms. The number of ether oxygens (including phenoxy) is 1. The van der Waals surface area contributed by atoms with E-state index in [1.807, 2.05) is 0 Å². The first kappa shape index (κ1) is 16.6. The molecule has 4 unspecified atom stereocenters. The average Bonchev–Trinajstić information content (AvgIpc) is 2.82.